The quantitative estimate of drug-likeness (QED) is 0.751. The molecule has 0 bridgehead atoms. The molecule has 2 aliphatic rings. The van der Waals surface area contributed by atoms with Crippen LogP contribution < -0.4 is 5.32 Å². The molecular formula is C23H33ClN4O3. The van der Waals surface area contributed by atoms with E-state index in [0.717, 1.165) is 19.5 Å². The van der Waals surface area contributed by atoms with Crippen LogP contribution in [0.5, 0.6) is 0 Å². The second-order valence-electron chi connectivity index (χ2n) is 9.08. The van der Waals surface area contributed by atoms with E-state index >= 15 is 0 Å². The second-order valence-corrected chi connectivity index (χ2v) is 9.51. The predicted octanol–water partition coefficient (Wildman–Crippen LogP) is 2.95. The molecule has 0 unspecified atom stereocenters. The van der Waals surface area contributed by atoms with Gasteiger partial charge in [0.05, 0.1) is 11.3 Å². The highest BCUT2D eigenvalue weighted by atomic mass is 35.5. The number of nitrogens with one attached hydrogen (secondary N) is 1. The lowest BCUT2D eigenvalue weighted by Crippen LogP contribution is -2.47. The summed E-state index contributed by atoms with van der Waals surface area (Å²) in [5.74, 6) is 0.465. The summed E-state index contributed by atoms with van der Waals surface area (Å²) in [7, 11) is 2.03. The number of rotatable bonds is 5. The van der Waals surface area contributed by atoms with Gasteiger partial charge in [-0.15, -0.1) is 0 Å². The highest BCUT2D eigenvalue weighted by molar-refractivity contribution is 6.31. The fraction of sp³-hybridized carbons (Fsp3) is 0.609. The number of hydrogen-bond donors (Lipinski definition) is 1. The van der Waals surface area contributed by atoms with Crippen molar-refractivity contribution in [3.8, 4) is 0 Å². The Labute approximate surface area is 189 Å². The second kappa shape index (κ2) is 10.5. The number of benzene rings is 1. The molecule has 0 saturated carbocycles. The van der Waals surface area contributed by atoms with Crippen LogP contribution in [0.2, 0.25) is 5.02 Å². The summed E-state index contributed by atoms with van der Waals surface area (Å²) in [5, 5.41) is 3.27. The van der Waals surface area contributed by atoms with Gasteiger partial charge in [-0.2, -0.15) is 0 Å². The topological polar surface area (TPSA) is 73.0 Å². The van der Waals surface area contributed by atoms with E-state index in [1.54, 1.807) is 18.2 Å². The van der Waals surface area contributed by atoms with E-state index < -0.39 is 0 Å². The largest absolute Gasteiger partial charge is 0.340 e. The highest BCUT2D eigenvalue weighted by Gasteiger charge is 2.28. The summed E-state index contributed by atoms with van der Waals surface area (Å²) >= 11 is 6.16. The van der Waals surface area contributed by atoms with Gasteiger partial charge < -0.3 is 20.0 Å². The Morgan fingerprint density at radius 3 is 2.29 bits per heavy atom. The van der Waals surface area contributed by atoms with Crippen molar-refractivity contribution in [3.05, 3.63) is 28.8 Å². The molecule has 31 heavy (non-hydrogen) atoms. The van der Waals surface area contributed by atoms with Crippen LogP contribution in [0.4, 0.5) is 5.69 Å². The number of hydrogen-bond acceptors (Lipinski definition) is 4. The SMILES string of the molecule is C[C@@H]1C[C@H](C)CN(C(=O)c2cc(Cl)ccc2NC(=O)CCC(=O)N2CCN(C)CC2)C1. The number of carbonyl (C=O) groups excluding carboxylic acids is 3. The minimum absolute atomic E-state index is 0.00746. The summed E-state index contributed by atoms with van der Waals surface area (Å²) < 4.78 is 0. The van der Waals surface area contributed by atoms with Gasteiger partial charge in [0, 0.05) is 57.1 Å². The van der Waals surface area contributed by atoms with E-state index in [-0.39, 0.29) is 30.6 Å². The first-order valence-electron chi connectivity index (χ1n) is 11.1. The first-order valence-corrected chi connectivity index (χ1v) is 11.5. The van der Waals surface area contributed by atoms with Crippen molar-refractivity contribution in [1.29, 1.82) is 0 Å². The number of piperidine rings is 1. The number of anilines is 1. The van der Waals surface area contributed by atoms with Crippen molar-refractivity contribution in [2.24, 2.45) is 11.8 Å². The number of piperazine rings is 1. The lowest BCUT2D eigenvalue weighted by Gasteiger charge is -2.35. The van der Waals surface area contributed by atoms with Crippen LogP contribution in [-0.2, 0) is 9.59 Å². The number of amides is 3. The monoisotopic (exact) mass is 448 g/mol. The number of nitrogens with zero attached hydrogens (tertiary/aromatic N) is 3. The van der Waals surface area contributed by atoms with Crippen LogP contribution in [0.1, 0.15) is 43.5 Å². The third-order valence-corrected chi connectivity index (χ3v) is 6.30. The molecule has 1 aromatic carbocycles. The Morgan fingerprint density at radius 2 is 1.65 bits per heavy atom. The zero-order valence-electron chi connectivity index (χ0n) is 18.7. The summed E-state index contributed by atoms with van der Waals surface area (Å²) in [6.07, 6.45) is 1.34. The van der Waals surface area contributed by atoms with E-state index in [9.17, 15) is 14.4 Å². The maximum Gasteiger partial charge on any atom is 0.256 e. The van der Waals surface area contributed by atoms with Crippen LogP contribution in [-0.4, -0.2) is 78.7 Å². The van der Waals surface area contributed by atoms with Gasteiger partial charge >= 0.3 is 0 Å². The minimum Gasteiger partial charge on any atom is -0.340 e. The minimum atomic E-state index is -0.278. The molecule has 1 aromatic rings. The first-order chi connectivity index (χ1) is 14.7. The Kier molecular flexibility index (Phi) is 7.94. The molecule has 170 valence electrons. The van der Waals surface area contributed by atoms with Crippen LogP contribution in [0.3, 0.4) is 0 Å². The molecule has 2 fully saturated rings. The van der Waals surface area contributed by atoms with Gasteiger partial charge in [0.15, 0.2) is 0 Å². The normalized spacial score (nSPS) is 22.3. The van der Waals surface area contributed by atoms with Gasteiger partial charge in [0.1, 0.15) is 0 Å². The maximum atomic E-state index is 13.2. The van der Waals surface area contributed by atoms with Crippen molar-refractivity contribution < 1.29 is 14.4 Å². The number of likely N-dealkylation sites (tertiary alicyclic amines) is 1. The van der Waals surface area contributed by atoms with Gasteiger partial charge in [0.25, 0.3) is 5.91 Å². The summed E-state index contributed by atoms with van der Waals surface area (Å²) in [6, 6.07) is 4.93. The average Bonchev–Trinajstić information content (AvgIpc) is 2.72. The third kappa shape index (κ3) is 6.43. The Balaban J connectivity index is 1.61. The zero-order chi connectivity index (χ0) is 22.5. The molecule has 2 atom stereocenters. The van der Waals surface area contributed by atoms with Crippen molar-refractivity contribution in [3.63, 3.8) is 0 Å². The maximum absolute atomic E-state index is 13.2. The molecule has 2 saturated heterocycles. The standard InChI is InChI=1S/C23H33ClN4O3/c1-16-12-17(2)15-28(14-16)23(31)19-13-18(24)4-5-20(19)25-21(29)6-7-22(30)27-10-8-26(3)9-11-27/h4-5,13,16-17H,6-12,14-15H2,1-3H3,(H,25,29)/t16-,17+. The molecule has 1 N–H and O–H groups in total. The molecule has 3 rings (SSSR count). The van der Waals surface area contributed by atoms with E-state index in [1.165, 1.54) is 0 Å². The van der Waals surface area contributed by atoms with Gasteiger partial charge in [-0.1, -0.05) is 25.4 Å². The summed E-state index contributed by atoms with van der Waals surface area (Å²) in [6.45, 7) is 8.77. The highest BCUT2D eigenvalue weighted by Crippen LogP contribution is 2.27. The van der Waals surface area contributed by atoms with Crippen LogP contribution >= 0.6 is 11.6 Å². The lowest BCUT2D eigenvalue weighted by atomic mass is 9.91. The first kappa shape index (κ1) is 23.5. The van der Waals surface area contributed by atoms with Gasteiger partial charge in [0.2, 0.25) is 11.8 Å². The van der Waals surface area contributed by atoms with Crippen molar-refractivity contribution in [2.75, 3.05) is 51.6 Å². The number of likely N-dealkylation sites (N-methyl/N-ethyl adjacent to an activating group) is 1. The van der Waals surface area contributed by atoms with Crippen molar-refractivity contribution in [1.82, 2.24) is 14.7 Å². The fourth-order valence-electron chi connectivity index (χ4n) is 4.45. The Hall–Kier alpha value is -2.12. The summed E-state index contributed by atoms with van der Waals surface area (Å²) in [5.41, 5.74) is 0.838. The van der Waals surface area contributed by atoms with Crippen LogP contribution in [0.15, 0.2) is 18.2 Å². The van der Waals surface area contributed by atoms with Crippen LogP contribution in [0, 0.1) is 11.8 Å². The molecule has 0 aromatic heterocycles. The molecule has 8 heteroatoms. The van der Waals surface area contributed by atoms with E-state index in [0.29, 0.717) is 54.3 Å². The predicted molar refractivity (Wildman–Crippen MR) is 122 cm³/mol. The van der Waals surface area contributed by atoms with Gasteiger partial charge in [-0.05, 0) is 43.5 Å². The molecule has 0 aliphatic carbocycles. The van der Waals surface area contributed by atoms with E-state index in [4.69, 9.17) is 11.6 Å². The van der Waals surface area contributed by atoms with E-state index in [1.807, 2.05) is 16.8 Å². The summed E-state index contributed by atoms with van der Waals surface area (Å²) in [4.78, 5) is 44.0. The van der Waals surface area contributed by atoms with Crippen molar-refractivity contribution in [2.45, 2.75) is 33.1 Å². The molecule has 0 spiro atoms. The molecule has 0 radical (unpaired) electrons. The van der Waals surface area contributed by atoms with Gasteiger partial charge in [-0.3, -0.25) is 14.4 Å². The molecule has 2 heterocycles. The fourth-order valence-corrected chi connectivity index (χ4v) is 4.62. The molecule has 7 nitrogen and oxygen atoms in total. The smallest absolute Gasteiger partial charge is 0.256 e. The third-order valence-electron chi connectivity index (χ3n) is 6.06. The van der Waals surface area contributed by atoms with Gasteiger partial charge in [-0.25, -0.2) is 0 Å². The molecule has 3 amide bonds. The van der Waals surface area contributed by atoms with E-state index in [2.05, 4.69) is 24.1 Å². The Morgan fingerprint density at radius 1 is 1.00 bits per heavy atom. The average molecular weight is 449 g/mol. The lowest BCUT2D eigenvalue weighted by molar-refractivity contribution is -0.134. The molecular weight excluding hydrogens is 416 g/mol. The Bertz CT molecular complexity index is 813. The van der Waals surface area contributed by atoms with Crippen LogP contribution in [0.25, 0.3) is 0 Å². The number of halogens is 1. The van der Waals surface area contributed by atoms with Crippen molar-refractivity contribution >= 4 is 35.0 Å². The molecule has 2 aliphatic heterocycles. The zero-order valence-corrected chi connectivity index (χ0v) is 19.5. The number of carbonyl (C=O) groups is 3.